The summed E-state index contributed by atoms with van der Waals surface area (Å²) < 4.78 is 10.8. The highest BCUT2D eigenvalue weighted by atomic mass is 127. The zero-order valence-corrected chi connectivity index (χ0v) is 15.5. The lowest BCUT2D eigenvalue weighted by molar-refractivity contribution is -0.384. The molecule has 0 atom stereocenters. The standard InChI is InChI=1S/C15H12ClIN2O5/c1-23-13-7-12(14(24-2)6-10(13)16)18-15(20)9-4-3-8(19(21)22)5-11(9)17/h3-7H,1-2H3,(H,18,20). The number of carbonyl (C=O) groups is 1. The van der Waals surface area contributed by atoms with Crippen LogP contribution in [0.5, 0.6) is 11.5 Å². The molecule has 1 N–H and O–H groups in total. The number of rotatable bonds is 5. The van der Waals surface area contributed by atoms with E-state index in [9.17, 15) is 14.9 Å². The molecule has 0 unspecified atom stereocenters. The smallest absolute Gasteiger partial charge is 0.270 e. The summed E-state index contributed by atoms with van der Waals surface area (Å²) in [5, 5.41) is 13.8. The fourth-order valence-corrected chi connectivity index (χ4v) is 2.92. The van der Waals surface area contributed by atoms with Crippen LogP contribution in [-0.2, 0) is 0 Å². The number of halogens is 2. The van der Waals surface area contributed by atoms with Crippen LogP contribution in [0.1, 0.15) is 10.4 Å². The molecule has 0 aliphatic heterocycles. The summed E-state index contributed by atoms with van der Waals surface area (Å²) >= 11 is 7.90. The highest BCUT2D eigenvalue weighted by molar-refractivity contribution is 14.1. The second-order valence-corrected chi connectivity index (χ2v) is 6.13. The van der Waals surface area contributed by atoms with E-state index >= 15 is 0 Å². The molecule has 0 aliphatic carbocycles. The van der Waals surface area contributed by atoms with E-state index in [1.807, 2.05) is 22.6 Å². The summed E-state index contributed by atoms with van der Waals surface area (Å²) in [6.45, 7) is 0. The minimum Gasteiger partial charge on any atom is -0.495 e. The van der Waals surface area contributed by atoms with E-state index in [2.05, 4.69) is 5.32 Å². The van der Waals surface area contributed by atoms with Crippen molar-refractivity contribution in [2.45, 2.75) is 0 Å². The molecule has 0 heterocycles. The summed E-state index contributed by atoms with van der Waals surface area (Å²) in [6.07, 6.45) is 0. The minimum absolute atomic E-state index is 0.0818. The average molecular weight is 463 g/mol. The van der Waals surface area contributed by atoms with E-state index in [0.717, 1.165) is 0 Å². The van der Waals surface area contributed by atoms with Crippen LogP contribution in [-0.4, -0.2) is 25.1 Å². The Morgan fingerprint density at radius 1 is 1.21 bits per heavy atom. The largest absolute Gasteiger partial charge is 0.495 e. The van der Waals surface area contributed by atoms with Crippen molar-refractivity contribution in [1.82, 2.24) is 0 Å². The number of hydrogen-bond donors (Lipinski definition) is 1. The van der Waals surface area contributed by atoms with Gasteiger partial charge in [0, 0.05) is 27.8 Å². The van der Waals surface area contributed by atoms with E-state index in [1.165, 1.54) is 44.6 Å². The van der Waals surface area contributed by atoms with Gasteiger partial charge in [0.05, 0.1) is 35.4 Å². The van der Waals surface area contributed by atoms with E-state index in [1.54, 1.807) is 0 Å². The number of anilines is 1. The Hall–Kier alpha value is -2.07. The van der Waals surface area contributed by atoms with Gasteiger partial charge in [0.1, 0.15) is 11.5 Å². The first kappa shape index (κ1) is 18.3. The van der Waals surface area contributed by atoms with Gasteiger partial charge in [-0.1, -0.05) is 11.6 Å². The SMILES string of the molecule is COc1cc(NC(=O)c2ccc([N+](=O)[O-])cc2I)c(OC)cc1Cl. The Kier molecular flexibility index (Phi) is 5.84. The summed E-state index contributed by atoms with van der Waals surface area (Å²) in [7, 11) is 2.90. The van der Waals surface area contributed by atoms with Crippen LogP contribution >= 0.6 is 34.2 Å². The molecule has 126 valence electrons. The molecule has 2 rings (SSSR count). The third-order valence-corrected chi connectivity index (χ3v) is 4.32. The highest BCUT2D eigenvalue weighted by Gasteiger charge is 2.17. The van der Waals surface area contributed by atoms with Gasteiger partial charge in [0.25, 0.3) is 11.6 Å². The van der Waals surface area contributed by atoms with Gasteiger partial charge in [-0.2, -0.15) is 0 Å². The maximum absolute atomic E-state index is 12.5. The molecule has 0 saturated carbocycles. The van der Waals surface area contributed by atoms with Crippen molar-refractivity contribution in [3.8, 4) is 11.5 Å². The van der Waals surface area contributed by atoms with Crippen LogP contribution in [0.4, 0.5) is 11.4 Å². The van der Waals surface area contributed by atoms with E-state index in [-0.39, 0.29) is 5.69 Å². The number of amides is 1. The predicted molar refractivity (Wildman–Crippen MR) is 98.3 cm³/mol. The van der Waals surface area contributed by atoms with Crippen molar-refractivity contribution in [1.29, 1.82) is 0 Å². The van der Waals surface area contributed by atoms with Gasteiger partial charge < -0.3 is 14.8 Å². The molecule has 0 fully saturated rings. The van der Waals surface area contributed by atoms with Gasteiger partial charge in [0.2, 0.25) is 0 Å². The van der Waals surface area contributed by atoms with E-state index in [0.29, 0.717) is 31.3 Å². The molecule has 0 bridgehead atoms. The van der Waals surface area contributed by atoms with Crippen molar-refractivity contribution in [2.75, 3.05) is 19.5 Å². The molecule has 2 aromatic rings. The van der Waals surface area contributed by atoms with Gasteiger partial charge in [-0.05, 0) is 28.7 Å². The Labute approximate surface area is 156 Å². The van der Waals surface area contributed by atoms with Crippen molar-refractivity contribution >= 4 is 51.5 Å². The monoisotopic (exact) mass is 462 g/mol. The summed E-state index contributed by atoms with van der Waals surface area (Å²) in [5.41, 5.74) is 0.594. The lowest BCUT2D eigenvalue weighted by Crippen LogP contribution is -2.14. The van der Waals surface area contributed by atoms with E-state index < -0.39 is 10.8 Å². The lowest BCUT2D eigenvalue weighted by Gasteiger charge is -2.13. The molecule has 0 radical (unpaired) electrons. The van der Waals surface area contributed by atoms with Gasteiger partial charge in [-0.15, -0.1) is 0 Å². The fourth-order valence-electron chi connectivity index (χ4n) is 1.95. The quantitative estimate of drug-likeness (QED) is 0.410. The Morgan fingerprint density at radius 2 is 1.88 bits per heavy atom. The van der Waals surface area contributed by atoms with Crippen LogP contribution in [0, 0.1) is 13.7 Å². The van der Waals surface area contributed by atoms with Crippen LogP contribution in [0.15, 0.2) is 30.3 Å². The molecular formula is C15H12ClIN2O5. The molecule has 1 amide bonds. The molecule has 7 nitrogen and oxygen atoms in total. The number of carbonyl (C=O) groups excluding carboxylic acids is 1. The minimum atomic E-state index is -0.517. The number of nitrogens with zero attached hydrogens (tertiary/aromatic N) is 1. The van der Waals surface area contributed by atoms with E-state index in [4.69, 9.17) is 21.1 Å². The highest BCUT2D eigenvalue weighted by Crippen LogP contribution is 2.36. The first-order valence-electron chi connectivity index (χ1n) is 6.54. The van der Waals surface area contributed by atoms with Crippen LogP contribution in [0.25, 0.3) is 0 Å². The Morgan fingerprint density at radius 3 is 2.42 bits per heavy atom. The van der Waals surface area contributed by atoms with Crippen molar-refractivity contribution in [3.63, 3.8) is 0 Å². The first-order chi connectivity index (χ1) is 11.4. The summed E-state index contributed by atoms with van der Waals surface area (Å²) in [6, 6.07) is 7.06. The van der Waals surface area contributed by atoms with Gasteiger partial charge in [-0.25, -0.2) is 0 Å². The molecule has 2 aromatic carbocycles. The molecule has 0 aliphatic rings. The summed E-state index contributed by atoms with van der Waals surface area (Å²) in [5.74, 6) is 0.314. The Balaban J connectivity index is 2.34. The maximum Gasteiger partial charge on any atom is 0.270 e. The number of methoxy groups -OCH3 is 2. The first-order valence-corrected chi connectivity index (χ1v) is 8.00. The number of hydrogen-bond acceptors (Lipinski definition) is 5. The predicted octanol–water partition coefficient (Wildman–Crippen LogP) is 4.12. The third-order valence-electron chi connectivity index (χ3n) is 3.13. The number of ether oxygens (including phenoxy) is 2. The molecular weight excluding hydrogens is 451 g/mol. The number of nitro benzene ring substituents is 1. The zero-order valence-electron chi connectivity index (χ0n) is 12.6. The van der Waals surface area contributed by atoms with Crippen molar-refractivity contribution in [3.05, 3.63) is 54.6 Å². The fraction of sp³-hybridized carbons (Fsp3) is 0.133. The molecule has 0 spiro atoms. The number of nitrogens with one attached hydrogen (secondary N) is 1. The number of nitro groups is 1. The van der Waals surface area contributed by atoms with Gasteiger partial charge in [0.15, 0.2) is 0 Å². The second kappa shape index (κ2) is 7.67. The van der Waals surface area contributed by atoms with Crippen molar-refractivity contribution in [2.24, 2.45) is 0 Å². The zero-order chi connectivity index (χ0) is 17.9. The van der Waals surface area contributed by atoms with Crippen LogP contribution in [0.3, 0.4) is 0 Å². The van der Waals surface area contributed by atoms with Gasteiger partial charge in [-0.3, -0.25) is 14.9 Å². The van der Waals surface area contributed by atoms with Gasteiger partial charge >= 0.3 is 0 Å². The topological polar surface area (TPSA) is 90.7 Å². The summed E-state index contributed by atoms with van der Waals surface area (Å²) in [4.78, 5) is 22.7. The Bertz CT molecular complexity index is 813. The average Bonchev–Trinajstić information content (AvgIpc) is 2.55. The molecule has 0 saturated heterocycles. The second-order valence-electron chi connectivity index (χ2n) is 4.56. The maximum atomic E-state index is 12.5. The number of non-ortho nitro benzene ring substituents is 1. The van der Waals surface area contributed by atoms with Crippen LogP contribution in [0.2, 0.25) is 5.02 Å². The molecule has 9 heteroatoms. The molecule has 24 heavy (non-hydrogen) atoms. The molecule has 0 aromatic heterocycles. The van der Waals surface area contributed by atoms with Crippen molar-refractivity contribution < 1.29 is 19.2 Å². The third kappa shape index (κ3) is 3.88. The lowest BCUT2D eigenvalue weighted by atomic mass is 10.2. The van der Waals surface area contributed by atoms with Crippen LogP contribution < -0.4 is 14.8 Å². The normalized spacial score (nSPS) is 10.2. The number of benzene rings is 2.